The molecule has 1 saturated heterocycles. The first-order chi connectivity index (χ1) is 23.3. The molecule has 0 aromatic heterocycles. The van der Waals surface area contributed by atoms with Gasteiger partial charge in [0.05, 0.1) is 37.3 Å². The van der Waals surface area contributed by atoms with E-state index < -0.39 is 11.0 Å². The predicted molar refractivity (Wildman–Crippen MR) is 193 cm³/mol. The number of amides is 1. The quantitative estimate of drug-likeness (QED) is 0.350. The minimum absolute atomic E-state index is 0.149. The van der Waals surface area contributed by atoms with E-state index in [9.17, 15) is 9.00 Å². The van der Waals surface area contributed by atoms with E-state index in [0.29, 0.717) is 29.9 Å². The van der Waals surface area contributed by atoms with Crippen LogP contribution in [0.2, 0.25) is 5.02 Å². The van der Waals surface area contributed by atoms with Crippen LogP contribution in [0, 0.1) is 35.5 Å². The van der Waals surface area contributed by atoms with Crippen LogP contribution in [-0.2, 0) is 27.6 Å². The summed E-state index contributed by atoms with van der Waals surface area (Å²) >= 11 is 6.48. The molecule has 9 heteroatoms. The molecule has 1 saturated carbocycles. The topological polar surface area (TPSA) is 71.1 Å². The fraction of sp³-hybridized carbons (Fsp3) is 0.615. The molecule has 3 aliphatic heterocycles. The third-order valence-corrected chi connectivity index (χ3v) is 13.7. The number of benzene rings is 2. The Bertz CT molecular complexity index is 1580. The Balaban J connectivity index is 1.23. The van der Waals surface area contributed by atoms with Crippen molar-refractivity contribution in [1.29, 1.82) is 0 Å². The molecule has 3 heterocycles. The van der Waals surface area contributed by atoms with E-state index in [1.54, 1.807) is 0 Å². The highest BCUT2D eigenvalue weighted by Gasteiger charge is 2.44. The van der Waals surface area contributed by atoms with Gasteiger partial charge in [-0.15, -0.1) is 0 Å². The predicted octanol–water partition coefficient (Wildman–Crippen LogP) is 6.39. The maximum Gasteiger partial charge on any atom is 0.263 e. The smallest absolute Gasteiger partial charge is 0.263 e. The van der Waals surface area contributed by atoms with Crippen molar-refractivity contribution in [2.45, 2.75) is 75.9 Å². The van der Waals surface area contributed by atoms with Crippen LogP contribution < -0.4 is 14.4 Å². The minimum atomic E-state index is -1.49. The van der Waals surface area contributed by atoms with Crippen LogP contribution in [0.1, 0.15) is 80.3 Å². The van der Waals surface area contributed by atoms with Crippen molar-refractivity contribution >= 4 is 34.2 Å². The minimum Gasteiger partial charge on any atom is -0.490 e. The Labute approximate surface area is 294 Å². The SMILES string of the molecule is CC1CCCC(C#CCN2CCOCC2)C2CCC2CN2C[C@@]3(CCCc4cc(Cl)ccc43)COc3ccc(cc32)C(=O)NS(=O)C1C. The summed E-state index contributed by atoms with van der Waals surface area (Å²) in [6.07, 6.45) is 8.60. The Hall–Kier alpha value is -2.57. The highest BCUT2D eigenvalue weighted by atomic mass is 35.5. The maximum atomic E-state index is 13.5. The van der Waals surface area contributed by atoms with Crippen molar-refractivity contribution in [2.75, 3.05) is 57.4 Å². The fourth-order valence-corrected chi connectivity index (χ4v) is 9.92. The normalized spacial score (nSPS) is 32.7. The molecule has 2 aromatic rings. The molecule has 2 bridgehead atoms. The first-order valence-corrected chi connectivity index (χ1v) is 19.7. The molecule has 48 heavy (non-hydrogen) atoms. The van der Waals surface area contributed by atoms with E-state index in [1.165, 1.54) is 24.0 Å². The van der Waals surface area contributed by atoms with Crippen LogP contribution in [0.5, 0.6) is 5.75 Å². The second kappa shape index (κ2) is 14.7. The monoisotopic (exact) mass is 691 g/mol. The highest BCUT2D eigenvalue weighted by Crippen LogP contribution is 2.48. The van der Waals surface area contributed by atoms with E-state index in [-0.39, 0.29) is 22.5 Å². The number of hydrogen-bond acceptors (Lipinski definition) is 6. The maximum absolute atomic E-state index is 13.5. The molecule has 258 valence electrons. The van der Waals surface area contributed by atoms with Crippen molar-refractivity contribution < 1.29 is 18.5 Å². The van der Waals surface area contributed by atoms with Gasteiger partial charge in [-0.3, -0.25) is 14.4 Å². The number of halogens is 1. The van der Waals surface area contributed by atoms with Crippen LogP contribution in [0.25, 0.3) is 0 Å². The Morgan fingerprint density at radius 2 is 1.92 bits per heavy atom. The second-order valence-corrected chi connectivity index (χ2v) is 16.9. The van der Waals surface area contributed by atoms with Gasteiger partial charge in [0.25, 0.3) is 5.91 Å². The molecule has 0 radical (unpaired) electrons. The molecule has 7 atom stereocenters. The van der Waals surface area contributed by atoms with E-state index in [0.717, 1.165) is 101 Å². The summed E-state index contributed by atoms with van der Waals surface area (Å²) in [4.78, 5) is 18.4. The van der Waals surface area contributed by atoms with Crippen LogP contribution in [-0.4, -0.2) is 72.8 Å². The third kappa shape index (κ3) is 7.17. The summed E-state index contributed by atoms with van der Waals surface area (Å²) < 4.78 is 28.5. The Morgan fingerprint density at radius 1 is 1.06 bits per heavy atom. The molecular formula is C39H50ClN3O4S. The Morgan fingerprint density at radius 3 is 2.73 bits per heavy atom. The molecular weight excluding hydrogens is 642 g/mol. The number of nitrogens with one attached hydrogen (secondary N) is 1. The first kappa shape index (κ1) is 33.9. The lowest BCUT2D eigenvalue weighted by Crippen LogP contribution is -2.49. The second-order valence-electron chi connectivity index (χ2n) is 14.9. The molecule has 5 aliphatic rings. The van der Waals surface area contributed by atoms with Gasteiger partial charge in [-0.25, -0.2) is 4.21 Å². The number of carbonyl (C=O) groups excluding carboxylic acids is 1. The molecule has 2 aliphatic carbocycles. The van der Waals surface area contributed by atoms with Gasteiger partial charge in [0.1, 0.15) is 16.7 Å². The molecule has 1 spiro atoms. The standard InChI is InChI=1S/C39H50ClN3O4S/c1-27-6-3-7-29(9-5-17-42-18-20-46-21-19-42)34-13-10-32(34)24-43-25-39(16-4-8-30-22-33(40)12-14-35(30)39)26-47-37-15-11-31(23-36(37)43)38(44)41-48(45)28(27)2/h11-12,14-15,22-23,27-29,32,34H,3-4,6-8,10,13,16-21,24-26H2,1-2H3,(H,41,44)/t27?,28?,29?,32?,34?,39-,48?/m0/s1. The molecule has 2 aromatic carbocycles. The number of anilines is 1. The van der Waals surface area contributed by atoms with Gasteiger partial charge in [0.2, 0.25) is 0 Å². The van der Waals surface area contributed by atoms with Gasteiger partial charge in [-0.2, -0.15) is 0 Å². The van der Waals surface area contributed by atoms with Crippen molar-refractivity contribution in [1.82, 2.24) is 9.62 Å². The zero-order valence-corrected chi connectivity index (χ0v) is 30.1. The van der Waals surface area contributed by atoms with Crippen LogP contribution in [0.15, 0.2) is 36.4 Å². The molecule has 1 N–H and O–H groups in total. The first-order valence-electron chi connectivity index (χ1n) is 18.1. The van der Waals surface area contributed by atoms with E-state index in [1.807, 2.05) is 31.2 Å². The molecule has 7 rings (SSSR count). The van der Waals surface area contributed by atoms with Crippen molar-refractivity contribution in [2.24, 2.45) is 23.7 Å². The lowest BCUT2D eigenvalue weighted by molar-refractivity contribution is 0.0443. The number of rotatable bonds is 1. The van der Waals surface area contributed by atoms with Crippen molar-refractivity contribution in [3.05, 3.63) is 58.1 Å². The Kier molecular flexibility index (Phi) is 10.4. The van der Waals surface area contributed by atoms with Gasteiger partial charge < -0.3 is 14.4 Å². The number of nitrogens with zero attached hydrogens (tertiary/aromatic N) is 2. The number of hydrogen-bond donors (Lipinski definition) is 1. The zero-order valence-electron chi connectivity index (χ0n) is 28.5. The molecule has 2 fully saturated rings. The summed E-state index contributed by atoms with van der Waals surface area (Å²) in [5, 5.41) is 0.632. The average molecular weight is 692 g/mol. The average Bonchev–Trinajstić information content (AvgIpc) is 3.22. The molecule has 6 unspecified atom stereocenters. The van der Waals surface area contributed by atoms with Gasteiger partial charge in [0, 0.05) is 48.1 Å². The third-order valence-electron chi connectivity index (χ3n) is 11.9. The van der Waals surface area contributed by atoms with Crippen LogP contribution in [0.4, 0.5) is 5.69 Å². The van der Waals surface area contributed by atoms with Gasteiger partial charge >= 0.3 is 0 Å². The highest BCUT2D eigenvalue weighted by molar-refractivity contribution is 7.84. The fourth-order valence-electron chi connectivity index (χ4n) is 8.68. The van der Waals surface area contributed by atoms with Crippen molar-refractivity contribution in [3.8, 4) is 17.6 Å². The van der Waals surface area contributed by atoms with Crippen LogP contribution >= 0.6 is 11.6 Å². The lowest BCUT2D eigenvalue weighted by atomic mass is 9.65. The summed E-state index contributed by atoms with van der Waals surface area (Å²) in [5.74, 6) is 9.51. The van der Waals surface area contributed by atoms with Gasteiger partial charge in [-0.1, -0.05) is 42.9 Å². The van der Waals surface area contributed by atoms with Gasteiger partial charge in [-0.05, 0) is 111 Å². The number of aryl methyl sites for hydroxylation is 1. The van der Waals surface area contributed by atoms with Gasteiger partial charge in [0.15, 0.2) is 0 Å². The molecule has 7 nitrogen and oxygen atoms in total. The van der Waals surface area contributed by atoms with E-state index in [2.05, 4.69) is 45.4 Å². The summed E-state index contributed by atoms with van der Waals surface area (Å²) in [6.45, 7) is 10.7. The summed E-state index contributed by atoms with van der Waals surface area (Å²) in [6, 6.07) is 12.1. The molecule has 1 amide bonds. The lowest BCUT2D eigenvalue weighted by Gasteiger charge is -2.46. The largest absolute Gasteiger partial charge is 0.490 e. The number of fused-ring (bicyclic) bond motifs is 4. The number of ether oxygens (including phenoxy) is 2. The summed E-state index contributed by atoms with van der Waals surface area (Å²) in [7, 11) is -1.49. The van der Waals surface area contributed by atoms with E-state index >= 15 is 0 Å². The van der Waals surface area contributed by atoms with Crippen molar-refractivity contribution in [3.63, 3.8) is 0 Å². The zero-order chi connectivity index (χ0) is 33.3. The number of carbonyl (C=O) groups is 1. The van der Waals surface area contributed by atoms with Crippen LogP contribution in [0.3, 0.4) is 0 Å². The summed E-state index contributed by atoms with van der Waals surface area (Å²) in [5.41, 5.74) is 3.96. The van der Waals surface area contributed by atoms with E-state index in [4.69, 9.17) is 21.1 Å². The number of morpholine rings is 1.